The first-order valence-electron chi connectivity index (χ1n) is 7.93. The molecule has 148 valence electrons. The lowest BCUT2D eigenvalue weighted by Gasteiger charge is -2.16. The number of aromatic nitrogens is 2. The lowest BCUT2D eigenvalue weighted by molar-refractivity contribution is -0.141. The van der Waals surface area contributed by atoms with Gasteiger partial charge in [-0.1, -0.05) is 17.7 Å². The van der Waals surface area contributed by atoms with Crippen LogP contribution in [0, 0.1) is 6.92 Å². The molecular weight excluding hydrogens is 383 g/mol. The normalized spacial score (nSPS) is 12.1. The van der Waals surface area contributed by atoms with E-state index in [1.165, 1.54) is 17.0 Å². The topological polar surface area (TPSA) is 87.2 Å². The molecule has 0 amide bonds. The van der Waals surface area contributed by atoms with Gasteiger partial charge in [0.1, 0.15) is 5.82 Å². The Morgan fingerprint density at radius 2 is 1.70 bits per heavy atom. The van der Waals surface area contributed by atoms with Gasteiger partial charge in [0.2, 0.25) is 16.0 Å². The summed E-state index contributed by atoms with van der Waals surface area (Å²) >= 11 is 0. The largest absolute Gasteiger partial charge is 0.433 e. The van der Waals surface area contributed by atoms with Crippen LogP contribution in [-0.4, -0.2) is 45.6 Å². The minimum Gasteiger partial charge on any atom is -0.363 e. The quantitative estimate of drug-likeness (QED) is 0.690. The van der Waals surface area contributed by atoms with Gasteiger partial charge in [0.05, 0.1) is 4.90 Å². The number of hydrogen-bond donors (Lipinski definition) is 2. The average Bonchev–Trinajstić information content (AvgIpc) is 2.58. The Hall–Kier alpha value is -2.40. The number of rotatable bonds is 7. The van der Waals surface area contributed by atoms with Crippen LogP contribution in [0.5, 0.6) is 0 Å². The molecule has 7 nitrogen and oxygen atoms in total. The van der Waals surface area contributed by atoms with Gasteiger partial charge in [-0.15, -0.1) is 0 Å². The Kier molecular flexibility index (Phi) is 6.26. The van der Waals surface area contributed by atoms with Gasteiger partial charge in [0.15, 0.2) is 5.69 Å². The molecule has 0 aliphatic rings. The Morgan fingerprint density at radius 3 is 2.26 bits per heavy atom. The summed E-state index contributed by atoms with van der Waals surface area (Å²) in [6, 6.07) is 7.14. The summed E-state index contributed by atoms with van der Waals surface area (Å²) in [6.07, 6.45) is -4.61. The molecule has 2 rings (SSSR count). The molecule has 0 aliphatic heterocycles. The minimum atomic E-state index is -4.61. The van der Waals surface area contributed by atoms with Crippen molar-refractivity contribution < 1.29 is 21.6 Å². The van der Waals surface area contributed by atoms with Crippen LogP contribution < -0.4 is 14.9 Å². The van der Waals surface area contributed by atoms with Crippen molar-refractivity contribution in [1.82, 2.24) is 14.7 Å². The molecule has 11 heteroatoms. The van der Waals surface area contributed by atoms with Crippen LogP contribution in [0.2, 0.25) is 0 Å². The van der Waals surface area contributed by atoms with Gasteiger partial charge >= 0.3 is 6.18 Å². The van der Waals surface area contributed by atoms with Crippen LogP contribution >= 0.6 is 0 Å². The van der Waals surface area contributed by atoms with Gasteiger partial charge in [-0.2, -0.15) is 18.2 Å². The van der Waals surface area contributed by atoms with Gasteiger partial charge in [-0.25, -0.2) is 18.1 Å². The molecule has 0 bridgehead atoms. The highest BCUT2D eigenvalue weighted by Gasteiger charge is 2.34. The molecule has 1 heterocycles. The lowest BCUT2D eigenvalue weighted by Crippen LogP contribution is -2.29. The zero-order valence-corrected chi connectivity index (χ0v) is 15.8. The van der Waals surface area contributed by atoms with Gasteiger partial charge in [-0.3, -0.25) is 0 Å². The molecule has 0 spiro atoms. The molecule has 27 heavy (non-hydrogen) atoms. The number of hydrogen-bond acceptors (Lipinski definition) is 6. The molecule has 2 aromatic rings. The van der Waals surface area contributed by atoms with Crippen molar-refractivity contribution in [2.75, 3.05) is 37.4 Å². The Labute approximate surface area is 155 Å². The van der Waals surface area contributed by atoms with Gasteiger partial charge < -0.3 is 10.2 Å². The van der Waals surface area contributed by atoms with Crippen LogP contribution in [-0.2, 0) is 16.2 Å². The fourth-order valence-electron chi connectivity index (χ4n) is 2.05. The summed E-state index contributed by atoms with van der Waals surface area (Å²) in [4.78, 5) is 8.94. The number of halogens is 3. The number of sulfonamides is 1. The second-order valence-electron chi connectivity index (χ2n) is 5.96. The molecule has 0 radical (unpaired) electrons. The van der Waals surface area contributed by atoms with E-state index >= 15 is 0 Å². The Balaban J connectivity index is 2.02. The van der Waals surface area contributed by atoms with Crippen molar-refractivity contribution in [3.8, 4) is 0 Å². The number of anilines is 2. The summed E-state index contributed by atoms with van der Waals surface area (Å²) < 4.78 is 65.5. The predicted molar refractivity (Wildman–Crippen MR) is 96.2 cm³/mol. The van der Waals surface area contributed by atoms with Crippen molar-refractivity contribution in [3.05, 3.63) is 41.6 Å². The standard InChI is InChI=1S/C16H20F3N5O2S/c1-11-4-6-12(7-5-11)27(25,26)21-9-8-20-15-22-13(16(17,18)19)10-14(23-15)24(2)3/h4-7,10,21H,8-9H2,1-3H3,(H,20,22,23). The third kappa shape index (κ3) is 5.79. The van der Waals surface area contributed by atoms with Crippen molar-refractivity contribution >= 4 is 21.8 Å². The third-order valence-corrected chi connectivity index (χ3v) is 4.97. The maximum atomic E-state index is 12.9. The average molecular weight is 403 g/mol. The first-order valence-corrected chi connectivity index (χ1v) is 9.41. The van der Waals surface area contributed by atoms with Crippen molar-refractivity contribution in [1.29, 1.82) is 0 Å². The molecule has 0 aliphatic carbocycles. The van der Waals surface area contributed by atoms with Crippen molar-refractivity contribution in [2.45, 2.75) is 18.0 Å². The minimum absolute atomic E-state index is 0.0132. The monoisotopic (exact) mass is 403 g/mol. The smallest absolute Gasteiger partial charge is 0.363 e. The number of nitrogens with one attached hydrogen (secondary N) is 2. The second-order valence-corrected chi connectivity index (χ2v) is 7.73. The Morgan fingerprint density at radius 1 is 1.07 bits per heavy atom. The highest BCUT2D eigenvalue weighted by atomic mass is 32.2. The zero-order chi connectivity index (χ0) is 20.2. The highest BCUT2D eigenvalue weighted by Crippen LogP contribution is 2.30. The zero-order valence-electron chi connectivity index (χ0n) is 15.0. The summed E-state index contributed by atoms with van der Waals surface area (Å²) in [6.45, 7) is 1.80. The maximum absolute atomic E-state index is 12.9. The maximum Gasteiger partial charge on any atom is 0.433 e. The summed E-state index contributed by atoms with van der Waals surface area (Å²) in [7, 11) is -0.589. The fourth-order valence-corrected chi connectivity index (χ4v) is 3.08. The number of nitrogens with zero attached hydrogens (tertiary/aromatic N) is 3. The first kappa shape index (κ1) is 20.9. The van der Waals surface area contributed by atoms with Gasteiger partial charge in [-0.05, 0) is 19.1 Å². The SMILES string of the molecule is Cc1ccc(S(=O)(=O)NCCNc2nc(N(C)C)cc(C(F)(F)F)n2)cc1. The van der Waals surface area contributed by atoms with Crippen LogP contribution in [0.1, 0.15) is 11.3 Å². The molecule has 2 N–H and O–H groups in total. The van der Waals surface area contributed by atoms with E-state index in [0.717, 1.165) is 11.6 Å². The molecule has 0 saturated heterocycles. The van der Waals surface area contributed by atoms with E-state index < -0.39 is 21.9 Å². The second kappa shape index (κ2) is 8.09. The highest BCUT2D eigenvalue weighted by molar-refractivity contribution is 7.89. The Bertz CT molecular complexity index is 884. The van der Waals surface area contributed by atoms with Crippen LogP contribution in [0.3, 0.4) is 0 Å². The van der Waals surface area contributed by atoms with E-state index in [1.54, 1.807) is 26.2 Å². The predicted octanol–water partition coefficient (Wildman–Crippen LogP) is 2.26. The third-order valence-electron chi connectivity index (χ3n) is 3.49. The lowest BCUT2D eigenvalue weighted by atomic mass is 10.2. The molecular formula is C16H20F3N5O2S. The van der Waals surface area contributed by atoms with Crippen molar-refractivity contribution in [2.24, 2.45) is 0 Å². The number of alkyl halides is 3. The van der Waals surface area contributed by atoms with Gasteiger partial charge in [0.25, 0.3) is 0 Å². The summed E-state index contributed by atoms with van der Waals surface area (Å²) in [5.74, 6) is -0.150. The van der Waals surface area contributed by atoms with Crippen LogP contribution in [0.4, 0.5) is 24.9 Å². The molecule has 0 atom stereocenters. The van der Waals surface area contributed by atoms with E-state index in [9.17, 15) is 21.6 Å². The molecule has 0 saturated carbocycles. The van der Waals surface area contributed by atoms with E-state index in [0.29, 0.717) is 0 Å². The van der Waals surface area contributed by atoms with E-state index in [4.69, 9.17) is 0 Å². The van der Waals surface area contributed by atoms with Crippen molar-refractivity contribution in [3.63, 3.8) is 0 Å². The van der Waals surface area contributed by atoms with E-state index in [1.807, 2.05) is 6.92 Å². The number of aryl methyl sites for hydroxylation is 1. The van der Waals surface area contributed by atoms with Crippen LogP contribution in [0.25, 0.3) is 0 Å². The fraction of sp³-hybridized carbons (Fsp3) is 0.375. The molecule has 0 fully saturated rings. The summed E-state index contributed by atoms with van der Waals surface area (Å²) in [5.41, 5.74) is -0.155. The van der Waals surface area contributed by atoms with E-state index in [2.05, 4.69) is 20.0 Å². The summed E-state index contributed by atoms with van der Waals surface area (Å²) in [5, 5.41) is 2.61. The molecule has 1 aromatic heterocycles. The van der Waals surface area contributed by atoms with Gasteiger partial charge in [0, 0.05) is 33.3 Å². The first-order chi connectivity index (χ1) is 12.5. The molecule has 1 aromatic carbocycles. The number of benzene rings is 1. The molecule has 0 unspecified atom stereocenters. The van der Waals surface area contributed by atoms with Crippen LogP contribution in [0.15, 0.2) is 35.2 Å². The van der Waals surface area contributed by atoms with E-state index in [-0.39, 0.29) is 29.8 Å².